The summed E-state index contributed by atoms with van der Waals surface area (Å²) in [5, 5.41) is 4.06. The molecule has 0 spiro atoms. The van der Waals surface area contributed by atoms with Gasteiger partial charge in [0.15, 0.2) is 9.84 Å². The fourth-order valence-electron chi connectivity index (χ4n) is 1.26. The number of nitrogens with zero attached hydrogens (tertiary/aromatic N) is 1. The highest BCUT2D eigenvalue weighted by molar-refractivity contribution is 7.92. The predicted octanol–water partition coefficient (Wildman–Crippen LogP) is 0.551. The lowest BCUT2D eigenvalue weighted by atomic mass is 10.2. The van der Waals surface area contributed by atoms with Gasteiger partial charge in [0.05, 0.1) is 17.2 Å². The second-order valence-electron chi connectivity index (χ2n) is 3.28. The number of hydrogen-bond donors (Lipinski definition) is 1. The van der Waals surface area contributed by atoms with Crippen molar-refractivity contribution in [2.45, 2.75) is 26.2 Å². The van der Waals surface area contributed by atoms with Gasteiger partial charge in [0.25, 0.3) is 0 Å². The molecule has 0 aliphatic carbocycles. The van der Waals surface area contributed by atoms with E-state index in [9.17, 15) is 8.42 Å². The van der Waals surface area contributed by atoms with Gasteiger partial charge in [-0.15, -0.1) is 0 Å². The first-order chi connectivity index (χ1) is 6.14. The Bertz CT molecular complexity index is 283. The van der Waals surface area contributed by atoms with Crippen molar-refractivity contribution in [1.29, 1.82) is 0 Å². The number of hydrazone groups is 1. The lowest BCUT2D eigenvalue weighted by molar-refractivity contribution is 0.594. The molecule has 0 unspecified atom stereocenters. The first-order valence-corrected chi connectivity index (χ1v) is 6.45. The van der Waals surface area contributed by atoms with Crippen LogP contribution in [0.2, 0.25) is 0 Å². The summed E-state index contributed by atoms with van der Waals surface area (Å²) >= 11 is 0. The topological polar surface area (TPSA) is 58.5 Å². The van der Waals surface area contributed by atoms with Gasteiger partial charge in [-0.3, -0.25) is 0 Å². The van der Waals surface area contributed by atoms with E-state index in [-0.39, 0.29) is 5.75 Å². The van der Waals surface area contributed by atoms with Gasteiger partial charge in [0.2, 0.25) is 0 Å². The van der Waals surface area contributed by atoms with Crippen LogP contribution in [0.15, 0.2) is 5.10 Å². The zero-order valence-electron chi connectivity index (χ0n) is 7.91. The van der Waals surface area contributed by atoms with Crippen LogP contribution in [-0.4, -0.2) is 32.2 Å². The predicted molar refractivity (Wildman–Crippen MR) is 53.6 cm³/mol. The van der Waals surface area contributed by atoms with Crippen LogP contribution in [0.1, 0.15) is 26.2 Å². The van der Waals surface area contributed by atoms with Gasteiger partial charge in [0, 0.05) is 6.54 Å². The van der Waals surface area contributed by atoms with Crippen LogP contribution in [-0.2, 0) is 9.84 Å². The molecule has 1 fully saturated rings. The molecule has 5 heteroatoms. The van der Waals surface area contributed by atoms with Crippen LogP contribution in [0, 0.1) is 0 Å². The molecule has 1 aliphatic heterocycles. The smallest absolute Gasteiger partial charge is 0.155 e. The van der Waals surface area contributed by atoms with E-state index in [2.05, 4.69) is 10.5 Å². The van der Waals surface area contributed by atoms with Crippen molar-refractivity contribution in [2.24, 2.45) is 5.10 Å². The Morgan fingerprint density at radius 3 is 2.92 bits per heavy atom. The van der Waals surface area contributed by atoms with Gasteiger partial charge in [-0.1, -0.05) is 6.92 Å². The first kappa shape index (κ1) is 10.5. The molecule has 0 saturated carbocycles. The molecule has 1 heterocycles. The maximum absolute atomic E-state index is 11.2. The van der Waals surface area contributed by atoms with Crippen LogP contribution in [0.4, 0.5) is 0 Å². The third kappa shape index (κ3) is 3.76. The summed E-state index contributed by atoms with van der Waals surface area (Å²) in [6, 6.07) is 0. The summed E-state index contributed by atoms with van der Waals surface area (Å²) in [4.78, 5) is 0. The van der Waals surface area contributed by atoms with E-state index in [1.807, 2.05) is 6.92 Å². The van der Waals surface area contributed by atoms with Gasteiger partial charge in [0.1, 0.15) is 0 Å². The Morgan fingerprint density at radius 1 is 1.54 bits per heavy atom. The molecule has 1 aliphatic rings. The van der Waals surface area contributed by atoms with Gasteiger partial charge in [-0.25, -0.2) is 8.42 Å². The molecule has 13 heavy (non-hydrogen) atoms. The van der Waals surface area contributed by atoms with Crippen molar-refractivity contribution >= 4 is 15.5 Å². The molecule has 76 valence electrons. The Kier molecular flexibility index (Phi) is 3.71. The summed E-state index contributed by atoms with van der Waals surface area (Å²) < 4.78 is 22.4. The summed E-state index contributed by atoms with van der Waals surface area (Å²) in [5.41, 5.74) is 3.64. The second-order valence-corrected chi connectivity index (χ2v) is 5.47. The quantitative estimate of drug-likeness (QED) is 0.539. The minimum absolute atomic E-state index is 0.143. The van der Waals surface area contributed by atoms with Crippen molar-refractivity contribution < 1.29 is 8.42 Å². The van der Waals surface area contributed by atoms with E-state index in [0.29, 0.717) is 5.75 Å². The van der Waals surface area contributed by atoms with E-state index in [1.54, 1.807) is 0 Å². The van der Waals surface area contributed by atoms with Gasteiger partial charge < -0.3 is 5.43 Å². The molecule has 4 nitrogen and oxygen atoms in total. The molecule has 1 saturated heterocycles. The van der Waals surface area contributed by atoms with Gasteiger partial charge in [-0.05, 0) is 19.3 Å². The Hall–Kier alpha value is -0.580. The lowest BCUT2D eigenvalue weighted by Crippen LogP contribution is -2.27. The average molecular weight is 204 g/mol. The van der Waals surface area contributed by atoms with Crippen molar-refractivity contribution in [3.8, 4) is 0 Å². The molecular formula is C8H16N2O2S. The van der Waals surface area contributed by atoms with Crippen LogP contribution < -0.4 is 5.43 Å². The number of nitrogens with one attached hydrogen (secondary N) is 1. The minimum atomic E-state index is -2.84. The fraction of sp³-hybridized carbons (Fsp3) is 0.875. The third-order valence-electron chi connectivity index (χ3n) is 1.91. The zero-order valence-corrected chi connectivity index (χ0v) is 8.73. The van der Waals surface area contributed by atoms with E-state index in [0.717, 1.165) is 31.5 Å². The number of rotatable bonds is 3. The Balaban J connectivity index is 2.47. The third-order valence-corrected chi connectivity index (χ3v) is 3.59. The molecule has 0 radical (unpaired) electrons. The zero-order chi connectivity index (χ0) is 9.73. The summed E-state index contributed by atoms with van der Waals surface area (Å²) in [7, 11) is -2.84. The Morgan fingerprint density at radius 2 is 2.31 bits per heavy atom. The van der Waals surface area contributed by atoms with Crippen LogP contribution in [0.25, 0.3) is 0 Å². The Labute approximate surface area is 79.3 Å². The number of sulfone groups is 1. The van der Waals surface area contributed by atoms with E-state index in [1.165, 1.54) is 0 Å². The maximum Gasteiger partial charge on any atom is 0.155 e. The highest BCUT2D eigenvalue weighted by atomic mass is 32.2. The molecule has 1 N–H and O–H groups in total. The van der Waals surface area contributed by atoms with Gasteiger partial charge >= 0.3 is 0 Å². The van der Waals surface area contributed by atoms with Crippen LogP contribution in [0.5, 0.6) is 0 Å². The average Bonchev–Trinajstić information content (AvgIpc) is 2.03. The SMILES string of the molecule is CCCN/N=C1\CCCS(=O)(=O)C1. The van der Waals surface area contributed by atoms with Crippen LogP contribution in [0.3, 0.4) is 0 Å². The van der Waals surface area contributed by atoms with Crippen molar-refractivity contribution in [1.82, 2.24) is 5.43 Å². The summed E-state index contributed by atoms with van der Waals surface area (Å²) in [6.07, 6.45) is 2.54. The monoisotopic (exact) mass is 204 g/mol. The number of hydrogen-bond acceptors (Lipinski definition) is 4. The molecule has 1 rings (SSSR count). The van der Waals surface area contributed by atoms with Crippen LogP contribution >= 0.6 is 0 Å². The molecule has 0 amide bonds. The fourth-order valence-corrected chi connectivity index (χ4v) is 2.71. The standard InChI is InChI=1S/C8H16N2O2S/c1-2-5-9-10-8-4-3-6-13(11,12)7-8/h9H,2-7H2,1H3/b10-8+. The highest BCUT2D eigenvalue weighted by Crippen LogP contribution is 2.08. The molecule has 0 bridgehead atoms. The summed E-state index contributed by atoms with van der Waals surface area (Å²) in [5.74, 6) is 0.462. The summed E-state index contributed by atoms with van der Waals surface area (Å²) in [6.45, 7) is 2.86. The normalized spacial score (nSPS) is 24.5. The maximum atomic E-state index is 11.2. The van der Waals surface area contributed by atoms with Crippen molar-refractivity contribution in [3.63, 3.8) is 0 Å². The first-order valence-electron chi connectivity index (χ1n) is 4.63. The van der Waals surface area contributed by atoms with Crippen molar-refractivity contribution in [2.75, 3.05) is 18.1 Å². The lowest BCUT2D eigenvalue weighted by Gasteiger charge is -2.13. The largest absolute Gasteiger partial charge is 0.310 e. The van der Waals surface area contributed by atoms with E-state index < -0.39 is 9.84 Å². The molecular weight excluding hydrogens is 188 g/mol. The van der Waals surface area contributed by atoms with Gasteiger partial charge in [-0.2, -0.15) is 5.10 Å². The van der Waals surface area contributed by atoms with E-state index in [4.69, 9.17) is 0 Å². The molecule has 0 aromatic rings. The minimum Gasteiger partial charge on any atom is -0.310 e. The highest BCUT2D eigenvalue weighted by Gasteiger charge is 2.20. The second kappa shape index (κ2) is 4.60. The molecule has 0 aromatic carbocycles. The molecule has 0 aromatic heterocycles. The van der Waals surface area contributed by atoms with E-state index >= 15 is 0 Å². The molecule has 0 atom stereocenters. The van der Waals surface area contributed by atoms with Crippen molar-refractivity contribution in [3.05, 3.63) is 0 Å².